The molecular weight excluding hydrogens is 230 g/mol. The monoisotopic (exact) mass is 249 g/mol. The van der Waals surface area contributed by atoms with E-state index in [9.17, 15) is 4.79 Å². The molecule has 0 unspecified atom stereocenters. The average molecular weight is 249 g/mol. The molecule has 0 spiro atoms. The zero-order valence-corrected chi connectivity index (χ0v) is 11.0. The highest BCUT2D eigenvalue weighted by molar-refractivity contribution is 5.92. The summed E-state index contributed by atoms with van der Waals surface area (Å²) in [5.41, 5.74) is 0.827. The van der Waals surface area contributed by atoms with Crippen LogP contribution in [0.3, 0.4) is 0 Å². The highest BCUT2D eigenvalue weighted by Crippen LogP contribution is 2.31. The Morgan fingerprint density at radius 1 is 1.39 bits per heavy atom. The van der Waals surface area contributed by atoms with E-state index in [1.54, 1.807) is 19.5 Å². The van der Waals surface area contributed by atoms with Crippen LogP contribution < -0.4 is 5.32 Å². The van der Waals surface area contributed by atoms with Crippen LogP contribution in [0.25, 0.3) is 0 Å². The first-order chi connectivity index (χ1) is 8.61. The van der Waals surface area contributed by atoms with Crippen molar-refractivity contribution in [3.05, 3.63) is 18.1 Å². The summed E-state index contributed by atoms with van der Waals surface area (Å²) in [5.74, 6) is 0.878. The molecule has 98 valence electrons. The Labute approximate surface area is 107 Å². The molecule has 0 bridgehead atoms. The first-order valence-corrected chi connectivity index (χ1v) is 6.26. The number of rotatable bonds is 4. The number of anilines is 1. The third-order valence-electron chi connectivity index (χ3n) is 3.31. The van der Waals surface area contributed by atoms with Gasteiger partial charge in [0, 0.05) is 25.4 Å². The Hall–Kier alpha value is -1.49. The molecule has 5 heteroatoms. The smallest absolute Gasteiger partial charge is 0.228 e. The SMILES string of the molecule is COC1CC(C(=O)Nc2nccnc2C(C)C)C1. The highest BCUT2D eigenvalue weighted by atomic mass is 16.5. The van der Waals surface area contributed by atoms with E-state index in [1.165, 1.54) is 0 Å². The number of carbonyl (C=O) groups excluding carboxylic acids is 1. The van der Waals surface area contributed by atoms with Gasteiger partial charge in [0.1, 0.15) is 0 Å². The van der Waals surface area contributed by atoms with Gasteiger partial charge in [0.2, 0.25) is 5.91 Å². The number of hydrogen-bond acceptors (Lipinski definition) is 4. The lowest BCUT2D eigenvalue weighted by molar-refractivity contribution is -0.127. The van der Waals surface area contributed by atoms with Gasteiger partial charge < -0.3 is 10.1 Å². The summed E-state index contributed by atoms with van der Waals surface area (Å²) in [4.78, 5) is 20.5. The lowest BCUT2D eigenvalue weighted by Crippen LogP contribution is -2.39. The van der Waals surface area contributed by atoms with Crippen LogP contribution in [-0.4, -0.2) is 29.1 Å². The number of nitrogens with zero attached hydrogens (tertiary/aromatic N) is 2. The van der Waals surface area contributed by atoms with Crippen LogP contribution >= 0.6 is 0 Å². The van der Waals surface area contributed by atoms with Crippen molar-refractivity contribution >= 4 is 11.7 Å². The van der Waals surface area contributed by atoms with Gasteiger partial charge >= 0.3 is 0 Å². The van der Waals surface area contributed by atoms with E-state index < -0.39 is 0 Å². The second-order valence-corrected chi connectivity index (χ2v) is 4.96. The Morgan fingerprint density at radius 2 is 2.06 bits per heavy atom. The van der Waals surface area contributed by atoms with Crippen molar-refractivity contribution in [2.75, 3.05) is 12.4 Å². The maximum atomic E-state index is 12.0. The van der Waals surface area contributed by atoms with Crippen LogP contribution in [0.1, 0.15) is 38.3 Å². The minimum atomic E-state index is 0.0192. The zero-order valence-electron chi connectivity index (χ0n) is 11.0. The van der Waals surface area contributed by atoms with E-state index in [1.807, 2.05) is 13.8 Å². The van der Waals surface area contributed by atoms with Crippen molar-refractivity contribution in [3.63, 3.8) is 0 Å². The second-order valence-electron chi connectivity index (χ2n) is 4.96. The summed E-state index contributed by atoms with van der Waals surface area (Å²) in [5, 5.41) is 2.87. The molecule has 1 fully saturated rings. The molecule has 0 aromatic carbocycles. The summed E-state index contributed by atoms with van der Waals surface area (Å²) < 4.78 is 5.17. The largest absolute Gasteiger partial charge is 0.381 e. The molecule has 1 amide bonds. The normalized spacial score (nSPS) is 22.7. The molecule has 1 aliphatic rings. The molecule has 5 nitrogen and oxygen atoms in total. The fourth-order valence-corrected chi connectivity index (χ4v) is 2.06. The number of amides is 1. The minimum absolute atomic E-state index is 0.0192. The molecular formula is C13H19N3O2. The van der Waals surface area contributed by atoms with E-state index in [0.717, 1.165) is 18.5 Å². The Morgan fingerprint density at radius 3 is 2.67 bits per heavy atom. The van der Waals surface area contributed by atoms with Gasteiger partial charge in [-0.3, -0.25) is 9.78 Å². The molecule has 0 aliphatic heterocycles. The van der Waals surface area contributed by atoms with E-state index in [2.05, 4.69) is 15.3 Å². The lowest BCUT2D eigenvalue weighted by Gasteiger charge is -2.32. The van der Waals surface area contributed by atoms with Crippen molar-refractivity contribution in [1.29, 1.82) is 0 Å². The number of methoxy groups -OCH3 is 1. The maximum absolute atomic E-state index is 12.0. The van der Waals surface area contributed by atoms with E-state index in [4.69, 9.17) is 4.74 Å². The van der Waals surface area contributed by atoms with Crippen LogP contribution in [-0.2, 0) is 9.53 Å². The summed E-state index contributed by atoms with van der Waals surface area (Å²) in [6, 6.07) is 0. The molecule has 1 N–H and O–H groups in total. The maximum Gasteiger partial charge on any atom is 0.228 e. The Balaban J connectivity index is 1.99. The van der Waals surface area contributed by atoms with E-state index in [-0.39, 0.29) is 23.8 Å². The van der Waals surface area contributed by atoms with Crippen LogP contribution in [0.4, 0.5) is 5.82 Å². The van der Waals surface area contributed by atoms with E-state index in [0.29, 0.717) is 5.82 Å². The molecule has 1 aromatic rings. The predicted octanol–water partition coefficient (Wildman–Crippen LogP) is 1.96. The summed E-state index contributed by atoms with van der Waals surface area (Å²) in [6.07, 6.45) is 5.06. The average Bonchev–Trinajstić information content (AvgIpc) is 2.28. The first-order valence-electron chi connectivity index (χ1n) is 6.26. The standard InChI is InChI=1S/C13H19N3O2/c1-8(2)11-12(15-5-4-14-11)16-13(17)9-6-10(7-9)18-3/h4-5,8-10H,6-7H2,1-3H3,(H,15,16,17). The number of ether oxygens (including phenoxy) is 1. The van der Waals surface area contributed by atoms with E-state index >= 15 is 0 Å². The van der Waals surface area contributed by atoms with Gasteiger partial charge in [0.15, 0.2) is 5.82 Å². The first kappa shape index (κ1) is 13.0. The third kappa shape index (κ3) is 2.67. The zero-order chi connectivity index (χ0) is 13.1. The summed E-state index contributed by atoms with van der Waals surface area (Å²) in [6.45, 7) is 4.06. The van der Waals surface area contributed by atoms with Crippen LogP contribution in [0.15, 0.2) is 12.4 Å². The fraction of sp³-hybridized carbons (Fsp3) is 0.615. The van der Waals surface area contributed by atoms with Crippen molar-refractivity contribution in [2.45, 2.75) is 38.7 Å². The van der Waals surface area contributed by atoms with Crippen molar-refractivity contribution < 1.29 is 9.53 Å². The third-order valence-corrected chi connectivity index (χ3v) is 3.31. The van der Waals surface area contributed by atoms with Crippen LogP contribution in [0, 0.1) is 5.92 Å². The molecule has 1 aliphatic carbocycles. The highest BCUT2D eigenvalue weighted by Gasteiger charge is 2.34. The van der Waals surface area contributed by atoms with Gasteiger partial charge in [-0.2, -0.15) is 0 Å². The summed E-state index contributed by atoms with van der Waals surface area (Å²) in [7, 11) is 1.68. The van der Waals surface area contributed by atoms with Crippen molar-refractivity contribution in [2.24, 2.45) is 5.92 Å². The van der Waals surface area contributed by atoms with Gasteiger partial charge in [0.25, 0.3) is 0 Å². The Kier molecular flexibility index (Phi) is 3.91. The molecule has 0 atom stereocenters. The number of aromatic nitrogens is 2. The molecule has 0 saturated heterocycles. The predicted molar refractivity (Wildman–Crippen MR) is 68.3 cm³/mol. The van der Waals surface area contributed by atoms with Crippen LogP contribution in [0.2, 0.25) is 0 Å². The molecule has 2 rings (SSSR count). The molecule has 1 heterocycles. The molecule has 1 aromatic heterocycles. The molecule has 0 radical (unpaired) electrons. The van der Waals surface area contributed by atoms with Gasteiger partial charge in [-0.15, -0.1) is 0 Å². The number of nitrogens with one attached hydrogen (secondary N) is 1. The quantitative estimate of drug-likeness (QED) is 0.886. The van der Waals surface area contributed by atoms with Gasteiger partial charge in [-0.25, -0.2) is 4.98 Å². The molecule has 18 heavy (non-hydrogen) atoms. The van der Waals surface area contributed by atoms with Gasteiger partial charge in [-0.05, 0) is 18.8 Å². The van der Waals surface area contributed by atoms with Crippen molar-refractivity contribution in [3.8, 4) is 0 Å². The topological polar surface area (TPSA) is 64.1 Å². The second kappa shape index (κ2) is 5.44. The van der Waals surface area contributed by atoms with Gasteiger partial charge in [-0.1, -0.05) is 13.8 Å². The Bertz CT molecular complexity index is 428. The number of hydrogen-bond donors (Lipinski definition) is 1. The molecule has 1 saturated carbocycles. The minimum Gasteiger partial charge on any atom is -0.381 e. The fourth-order valence-electron chi connectivity index (χ4n) is 2.06. The van der Waals surface area contributed by atoms with Crippen LogP contribution in [0.5, 0.6) is 0 Å². The number of carbonyl (C=O) groups is 1. The lowest BCUT2D eigenvalue weighted by atomic mass is 9.81. The summed E-state index contributed by atoms with van der Waals surface area (Å²) >= 11 is 0. The van der Waals surface area contributed by atoms with Gasteiger partial charge in [0.05, 0.1) is 11.8 Å². The van der Waals surface area contributed by atoms with Crippen molar-refractivity contribution in [1.82, 2.24) is 9.97 Å².